The van der Waals surface area contributed by atoms with Crippen LogP contribution in [0.1, 0.15) is 23.2 Å². The molecule has 1 fully saturated rings. The zero-order chi connectivity index (χ0) is 12.4. The number of hydrogen-bond acceptors (Lipinski definition) is 5. The number of carbonyl (C=O) groups excluding carboxylic acids is 1. The largest absolute Gasteiger partial charge is 0.465 e. The topological polar surface area (TPSA) is 81.5 Å². The lowest BCUT2D eigenvalue weighted by Gasteiger charge is -2.06. The molecule has 2 rings (SSSR count). The number of esters is 1. The first-order valence-electron chi connectivity index (χ1n) is 5.25. The SMILES string of the molecule is COC(=O)c1ccc(NC2CC2)c([N+](=O)[O-])c1. The zero-order valence-corrected chi connectivity index (χ0v) is 9.30. The summed E-state index contributed by atoms with van der Waals surface area (Å²) in [5.41, 5.74) is 0.533. The Morgan fingerprint density at radius 2 is 2.24 bits per heavy atom. The number of carbonyl (C=O) groups is 1. The van der Waals surface area contributed by atoms with Gasteiger partial charge in [0.15, 0.2) is 0 Å². The number of nitro benzene ring substituents is 1. The van der Waals surface area contributed by atoms with Crippen LogP contribution in [0.5, 0.6) is 0 Å². The van der Waals surface area contributed by atoms with Crippen molar-refractivity contribution in [3.63, 3.8) is 0 Å². The van der Waals surface area contributed by atoms with Crippen LogP contribution in [0.2, 0.25) is 0 Å². The molecule has 0 saturated heterocycles. The minimum atomic E-state index is -0.578. The Labute approximate surface area is 97.7 Å². The van der Waals surface area contributed by atoms with Crippen LogP contribution in [0, 0.1) is 10.1 Å². The summed E-state index contributed by atoms with van der Waals surface area (Å²) in [6.45, 7) is 0. The Hall–Kier alpha value is -2.11. The van der Waals surface area contributed by atoms with Gasteiger partial charge in [0.1, 0.15) is 5.69 Å². The van der Waals surface area contributed by atoms with Crippen molar-refractivity contribution in [2.45, 2.75) is 18.9 Å². The molecule has 1 aromatic carbocycles. The van der Waals surface area contributed by atoms with Gasteiger partial charge in [-0.05, 0) is 25.0 Å². The fourth-order valence-electron chi connectivity index (χ4n) is 1.50. The lowest BCUT2D eigenvalue weighted by atomic mass is 10.1. The molecule has 1 aromatic rings. The Bertz CT molecular complexity index is 469. The number of nitro groups is 1. The molecule has 6 heteroatoms. The number of nitrogens with zero attached hydrogens (tertiary/aromatic N) is 1. The maximum absolute atomic E-state index is 11.3. The van der Waals surface area contributed by atoms with Gasteiger partial charge in [0.25, 0.3) is 5.69 Å². The molecule has 0 atom stereocenters. The average molecular weight is 236 g/mol. The van der Waals surface area contributed by atoms with Gasteiger partial charge in [-0.25, -0.2) is 4.79 Å². The molecule has 0 amide bonds. The number of anilines is 1. The van der Waals surface area contributed by atoms with Crippen molar-refractivity contribution in [2.75, 3.05) is 12.4 Å². The molecule has 90 valence electrons. The summed E-state index contributed by atoms with van der Waals surface area (Å²) < 4.78 is 4.52. The highest BCUT2D eigenvalue weighted by atomic mass is 16.6. The summed E-state index contributed by atoms with van der Waals surface area (Å²) in [6, 6.07) is 4.61. The van der Waals surface area contributed by atoms with Gasteiger partial charge in [0, 0.05) is 12.1 Å². The van der Waals surface area contributed by atoms with Gasteiger partial charge in [-0.1, -0.05) is 0 Å². The van der Waals surface area contributed by atoms with E-state index in [2.05, 4.69) is 10.1 Å². The van der Waals surface area contributed by atoms with E-state index in [1.807, 2.05) is 0 Å². The molecule has 17 heavy (non-hydrogen) atoms. The fourth-order valence-corrected chi connectivity index (χ4v) is 1.50. The maximum Gasteiger partial charge on any atom is 0.338 e. The van der Waals surface area contributed by atoms with Crippen molar-refractivity contribution < 1.29 is 14.5 Å². The number of nitrogens with one attached hydrogen (secondary N) is 1. The molecule has 0 spiro atoms. The van der Waals surface area contributed by atoms with E-state index in [-0.39, 0.29) is 11.3 Å². The first kappa shape index (κ1) is 11.4. The summed E-state index contributed by atoms with van der Waals surface area (Å²) in [7, 11) is 1.24. The fraction of sp³-hybridized carbons (Fsp3) is 0.364. The van der Waals surface area contributed by atoms with Gasteiger partial charge < -0.3 is 10.1 Å². The van der Waals surface area contributed by atoms with Gasteiger partial charge in [-0.15, -0.1) is 0 Å². The van der Waals surface area contributed by atoms with Gasteiger partial charge in [-0.3, -0.25) is 10.1 Å². The normalized spacial score (nSPS) is 14.2. The highest BCUT2D eigenvalue weighted by Gasteiger charge is 2.25. The molecule has 1 N–H and O–H groups in total. The van der Waals surface area contributed by atoms with Gasteiger partial charge in [-0.2, -0.15) is 0 Å². The molecule has 1 aliphatic rings. The van der Waals surface area contributed by atoms with E-state index in [4.69, 9.17) is 0 Å². The van der Waals surface area contributed by atoms with E-state index in [0.29, 0.717) is 11.7 Å². The molecular formula is C11H12N2O4. The molecule has 0 heterocycles. The van der Waals surface area contributed by atoms with Crippen LogP contribution >= 0.6 is 0 Å². The first-order chi connectivity index (χ1) is 8.11. The molecule has 1 saturated carbocycles. The quantitative estimate of drug-likeness (QED) is 0.491. The van der Waals surface area contributed by atoms with Crippen LogP contribution in [-0.4, -0.2) is 24.0 Å². The highest BCUT2D eigenvalue weighted by Crippen LogP contribution is 2.31. The lowest BCUT2D eigenvalue weighted by Crippen LogP contribution is -2.07. The van der Waals surface area contributed by atoms with Crippen LogP contribution < -0.4 is 5.32 Å². The minimum absolute atomic E-state index is 0.0974. The Kier molecular flexibility index (Phi) is 2.95. The van der Waals surface area contributed by atoms with Crippen molar-refractivity contribution >= 4 is 17.3 Å². The molecule has 0 aliphatic heterocycles. The Balaban J connectivity index is 2.32. The predicted molar refractivity (Wildman–Crippen MR) is 61.1 cm³/mol. The Morgan fingerprint density at radius 1 is 1.53 bits per heavy atom. The van der Waals surface area contributed by atoms with E-state index in [1.54, 1.807) is 6.07 Å². The molecule has 0 radical (unpaired) electrons. The molecule has 0 unspecified atom stereocenters. The van der Waals surface area contributed by atoms with Crippen molar-refractivity contribution in [1.29, 1.82) is 0 Å². The number of ether oxygens (including phenoxy) is 1. The number of hydrogen-bond donors (Lipinski definition) is 1. The van der Waals surface area contributed by atoms with E-state index in [1.165, 1.54) is 19.2 Å². The van der Waals surface area contributed by atoms with Crippen LogP contribution in [0.15, 0.2) is 18.2 Å². The highest BCUT2D eigenvalue weighted by molar-refractivity contribution is 5.91. The minimum Gasteiger partial charge on any atom is -0.465 e. The maximum atomic E-state index is 11.3. The second-order valence-corrected chi connectivity index (χ2v) is 3.90. The third-order valence-electron chi connectivity index (χ3n) is 2.55. The monoisotopic (exact) mass is 236 g/mol. The van der Waals surface area contributed by atoms with Crippen LogP contribution in [0.25, 0.3) is 0 Å². The smallest absolute Gasteiger partial charge is 0.338 e. The number of rotatable bonds is 4. The van der Waals surface area contributed by atoms with Gasteiger partial charge in [0.05, 0.1) is 17.6 Å². The molecular weight excluding hydrogens is 224 g/mol. The summed E-state index contributed by atoms with van der Waals surface area (Å²) in [5.74, 6) is -0.578. The summed E-state index contributed by atoms with van der Waals surface area (Å²) in [4.78, 5) is 21.7. The second-order valence-electron chi connectivity index (χ2n) is 3.90. The van der Waals surface area contributed by atoms with Crippen molar-refractivity contribution in [2.24, 2.45) is 0 Å². The standard InChI is InChI=1S/C11H12N2O4/c1-17-11(14)7-2-5-9(12-8-3-4-8)10(6-7)13(15)16/h2,5-6,8,12H,3-4H2,1H3. The van der Waals surface area contributed by atoms with E-state index >= 15 is 0 Å². The number of methoxy groups -OCH3 is 1. The van der Waals surface area contributed by atoms with Gasteiger partial charge in [0.2, 0.25) is 0 Å². The van der Waals surface area contributed by atoms with Crippen molar-refractivity contribution in [1.82, 2.24) is 0 Å². The first-order valence-corrected chi connectivity index (χ1v) is 5.25. The van der Waals surface area contributed by atoms with E-state index in [9.17, 15) is 14.9 Å². The van der Waals surface area contributed by atoms with Crippen molar-refractivity contribution in [3.8, 4) is 0 Å². The second kappa shape index (κ2) is 4.40. The van der Waals surface area contributed by atoms with Gasteiger partial charge >= 0.3 is 5.97 Å². The third kappa shape index (κ3) is 2.52. The van der Waals surface area contributed by atoms with E-state index in [0.717, 1.165) is 12.8 Å². The Morgan fingerprint density at radius 3 is 2.76 bits per heavy atom. The molecule has 1 aliphatic carbocycles. The van der Waals surface area contributed by atoms with Crippen LogP contribution in [0.3, 0.4) is 0 Å². The van der Waals surface area contributed by atoms with E-state index < -0.39 is 10.9 Å². The molecule has 6 nitrogen and oxygen atoms in total. The predicted octanol–water partition coefficient (Wildman–Crippen LogP) is 1.96. The summed E-state index contributed by atoms with van der Waals surface area (Å²) in [5, 5.41) is 14.0. The van der Waals surface area contributed by atoms with Crippen LogP contribution in [-0.2, 0) is 4.74 Å². The lowest BCUT2D eigenvalue weighted by molar-refractivity contribution is -0.384. The summed E-state index contributed by atoms with van der Waals surface area (Å²) >= 11 is 0. The average Bonchev–Trinajstić information content (AvgIpc) is 3.12. The number of benzene rings is 1. The molecule has 0 bridgehead atoms. The zero-order valence-electron chi connectivity index (χ0n) is 9.30. The molecule has 0 aromatic heterocycles. The summed E-state index contributed by atoms with van der Waals surface area (Å²) in [6.07, 6.45) is 2.05. The van der Waals surface area contributed by atoms with Crippen LogP contribution in [0.4, 0.5) is 11.4 Å². The third-order valence-corrected chi connectivity index (χ3v) is 2.55. The van der Waals surface area contributed by atoms with Crippen molar-refractivity contribution in [3.05, 3.63) is 33.9 Å².